The minimum atomic E-state index is -2.35. The van der Waals surface area contributed by atoms with E-state index in [2.05, 4.69) is 9.47 Å². The van der Waals surface area contributed by atoms with E-state index in [4.69, 9.17) is 56.8 Å². The summed E-state index contributed by atoms with van der Waals surface area (Å²) in [6.45, 7) is 7.88. The Morgan fingerprint density at radius 1 is 0.345 bits per heavy atom. The summed E-state index contributed by atoms with van der Waals surface area (Å²) in [6.07, 6.45) is -0.493. The SMILES string of the molecule is COC(=O)COCCOCCOCCOCCOCCOCCOCCOCCOCCOCCOCCOCCC(=O)Oc1c(F)c(F)c(F)c(F)c1F. The zero-order chi connectivity index (χ0) is 40.2. The number of halogens is 5. The summed E-state index contributed by atoms with van der Waals surface area (Å²) in [6, 6.07) is 0. The Morgan fingerprint density at radius 2 is 0.582 bits per heavy atom. The molecule has 0 amide bonds. The summed E-state index contributed by atoms with van der Waals surface area (Å²) in [5.41, 5.74) is 0. The predicted molar refractivity (Wildman–Crippen MR) is 178 cm³/mol. The molecular formula is C34H53F5O16. The summed E-state index contributed by atoms with van der Waals surface area (Å²) >= 11 is 0. The van der Waals surface area contributed by atoms with Crippen LogP contribution in [0.25, 0.3) is 0 Å². The van der Waals surface area contributed by atoms with Gasteiger partial charge in [0.05, 0.1) is 165 Å². The molecule has 0 saturated heterocycles. The highest BCUT2D eigenvalue weighted by molar-refractivity contribution is 5.72. The zero-order valence-corrected chi connectivity index (χ0v) is 31.1. The van der Waals surface area contributed by atoms with Crippen LogP contribution in [0.5, 0.6) is 5.75 Å². The molecule has 0 fully saturated rings. The van der Waals surface area contributed by atoms with Crippen LogP contribution in [-0.2, 0) is 71.2 Å². The summed E-state index contributed by atoms with van der Waals surface area (Å²) in [7, 11) is 1.30. The molecule has 0 aromatic heterocycles. The molecule has 0 bridgehead atoms. The van der Waals surface area contributed by atoms with Gasteiger partial charge in [0.2, 0.25) is 34.8 Å². The van der Waals surface area contributed by atoms with Gasteiger partial charge in [-0.1, -0.05) is 0 Å². The molecule has 1 aromatic carbocycles. The predicted octanol–water partition coefficient (Wildman–Crippen LogP) is 2.05. The van der Waals surface area contributed by atoms with Crippen LogP contribution >= 0.6 is 0 Å². The van der Waals surface area contributed by atoms with Gasteiger partial charge < -0.3 is 66.3 Å². The lowest BCUT2D eigenvalue weighted by Gasteiger charge is -2.09. The highest BCUT2D eigenvalue weighted by Crippen LogP contribution is 2.29. The molecule has 0 atom stereocenters. The molecule has 55 heavy (non-hydrogen) atoms. The van der Waals surface area contributed by atoms with Crippen molar-refractivity contribution in [1.82, 2.24) is 0 Å². The van der Waals surface area contributed by atoms with E-state index in [-0.39, 0.29) is 33.0 Å². The average Bonchev–Trinajstić information content (AvgIpc) is 3.19. The lowest BCUT2D eigenvalue weighted by atomic mass is 10.2. The van der Waals surface area contributed by atoms with Crippen molar-refractivity contribution in [3.05, 3.63) is 29.1 Å². The molecule has 0 N–H and O–H groups in total. The molecule has 0 aliphatic heterocycles. The van der Waals surface area contributed by atoms with Gasteiger partial charge in [-0.2, -0.15) is 8.78 Å². The fraction of sp³-hybridized carbons (Fsp3) is 0.765. The van der Waals surface area contributed by atoms with Crippen LogP contribution < -0.4 is 4.74 Å². The van der Waals surface area contributed by atoms with Crippen LogP contribution in [0.2, 0.25) is 0 Å². The fourth-order valence-electron chi connectivity index (χ4n) is 3.63. The molecule has 16 nitrogen and oxygen atoms in total. The van der Waals surface area contributed by atoms with Crippen molar-refractivity contribution in [3.63, 3.8) is 0 Å². The van der Waals surface area contributed by atoms with Crippen molar-refractivity contribution >= 4 is 11.9 Å². The van der Waals surface area contributed by atoms with Gasteiger partial charge in [-0.05, 0) is 0 Å². The molecule has 21 heteroatoms. The van der Waals surface area contributed by atoms with E-state index in [0.717, 1.165) is 0 Å². The van der Waals surface area contributed by atoms with Crippen LogP contribution in [0.1, 0.15) is 6.42 Å². The number of carbonyl (C=O) groups excluding carboxylic acids is 2. The molecule has 0 radical (unpaired) electrons. The van der Waals surface area contributed by atoms with E-state index in [9.17, 15) is 31.5 Å². The number of hydrogen-bond donors (Lipinski definition) is 0. The maximum Gasteiger partial charge on any atom is 0.331 e. The number of benzene rings is 1. The summed E-state index contributed by atoms with van der Waals surface area (Å²) in [5.74, 6) is -14.6. The number of carbonyl (C=O) groups is 2. The molecule has 0 unspecified atom stereocenters. The van der Waals surface area contributed by atoms with E-state index in [1.807, 2.05) is 0 Å². The standard InChI is InChI=1S/C34H53F5O16/c1-42-28(41)26-54-25-24-53-23-22-52-21-20-51-19-18-50-17-16-49-15-14-48-13-12-47-11-10-46-9-8-45-7-6-44-5-4-43-3-2-27(40)55-34-32(38)30(36)29(35)31(37)33(34)39/h2-26H2,1H3. The van der Waals surface area contributed by atoms with Gasteiger partial charge in [0.1, 0.15) is 6.61 Å². The number of esters is 2. The third-order valence-corrected chi connectivity index (χ3v) is 6.38. The van der Waals surface area contributed by atoms with E-state index in [1.165, 1.54) is 7.11 Å². The molecule has 0 spiro atoms. The average molecular weight is 813 g/mol. The lowest BCUT2D eigenvalue weighted by Crippen LogP contribution is -2.16. The first-order chi connectivity index (χ1) is 26.8. The van der Waals surface area contributed by atoms with Crippen LogP contribution in [0.3, 0.4) is 0 Å². The first kappa shape index (κ1) is 50.3. The minimum absolute atomic E-state index is 0.0739. The van der Waals surface area contributed by atoms with Crippen molar-refractivity contribution in [2.45, 2.75) is 6.42 Å². The van der Waals surface area contributed by atoms with Gasteiger partial charge in [-0.3, -0.25) is 4.79 Å². The van der Waals surface area contributed by atoms with Crippen molar-refractivity contribution in [2.75, 3.05) is 166 Å². The Morgan fingerprint density at radius 3 is 0.855 bits per heavy atom. The first-order valence-electron chi connectivity index (χ1n) is 17.5. The van der Waals surface area contributed by atoms with Crippen LogP contribution in [0.15, 0.2) is 0 Å². The number of rotatable bonds is 39. The largest absolute Gasteiger partial charge is 0.467 e. The maximum absolute atomic E-state index is 13.5. The molecule has 0 saturated carbocycles. The molecule has 0 aliphatic rings. The number of methoxy groups -OCH3 is 1. The smallest absolute Gasteiger partial charge is 0.331 e. The summed E-state index contributed by atoms with van der Waals surface area (Å²) in [4.78, 5) is 22.5. The third-order valence-electron chi connectivity index (χ3n) is 6.38. The number of ether oxygens (including phenoxy) is 14. The molecular weight excluding hydrogens is 759 g/mol. The van der Waals surface area contributed by atoms with E-state index in [1.54, 1.807) is 0 Å². The normalized spacial score (nSPS) is 11.4. The van der Waals surface area contributed by atoms with E-state index in [0.29, 0.717) is 126 Å². The second-order valence-corrected chi connectivity index (χ2v) is 10.5. The van der Waals surface area contributed by atoms with E-state index < -0.39 is 53.2 Å². The summed E-state index contributed by atoms with van der Waals surface area (Å²) in [5, 5.41) is 0. The van der Waals surface area contributed by atoms with Gasteiger partial charge in [0.25, 0.3) is 0 Å². The van der Waals surface area contributed by atoms with Crippen molar-refractivity contribution in [1.29, 1.82) is 0 Å². The minimum Gasteiger partial charge on any atom is -0.467 e. The van der Waals surface area contributed by atoms with Gasteiger partial charge in [0, 0.05) is 0 Å². The van der Waals surface area contributed by atoms with Crippen molar-refractivity contribution in [3.8, 4) is 5.75 Å². The fourth-order valence-corrected chi connectivity index (χ4v) is 3.63. The molecule has 1 rings (SSSR count). The quantitative estimate of drug-likeness (QED) is 0.0237. The van der Waals surface area contributed by atoms with Crippen molar-refractivity contribution in [2.24, 2.45) is 0 Å². The molecule has 1 aromatic rings. The van der Waals surface area contributed by atoms with Gasteiger partial charge in [-0.15, -0.1) is 0 Å². The molecule has 0 aliphatic carbocycles. The van der Waals surface area contributed by atoms with Crippen LogP contribution in [0, 0.1) is 29.1 Å². The van der Waals surface area contributed by atoms with Gasteiger partial charge >= 0.3 is 11.9 Å². The first-order valence-corrected chi connectivity index (χ1v) is 17.5. The van der Waals surface area contributed by atoms with Gasteiger partial charge in [0.15, 0.2) is 0 Å². The molecule has 0 heterocycles. The Labute approximate surface area is 316 Å². The Kier molecular flexibility index (Phi) is 32.7. The molecule has 320 valence electrons. The van der Waals surface area contributed by atoms with Crippen LogP contribution in [0.4, 0.5) is 22.0 Å². The number of hydrogen-bond acceptors (Lipinski definition) is 16. The third kappa shape index (κ3) is 27.6. The van der Waals surface area contributed by atoms with Crippen LogP contribution in [-0.4, -0.2) is 178 Å². The topological polar surface area (TPSA) is 163 Å². The zero-order valence-electron chi connectivity index (χ0n) is 31.1. The summed E-state index contributed by atoms with van der Waals surface area (Å²) < 4.78 is 139. The monoisotopic (exact) mass is 812 g/mol. The highest BCUT2D eigenvalue weighted by atomic mass is 19.2. The second-order valence-electron chi connectivity index (χ2n) is 10.5. The van der Waals surface area contributed by atoms with E-state index >= 15 is 0 Å². The van der Waals surface area contributed by atoms with Crippen molar-refractivity contribution < 1.29 is 97.9 Å². The van der Waals surface area contributed by atoms with Gasteiger partial charge in [-0.25, -0.2) is 18.0 Å². The maximum atomic E-state index is 13.5. The lowest BCUT2D eigenvalue weighted by molar-refractivity contribution is -0.146. The highest BCUT2D eigenvalue weighted by Gasteiger charge is 2.28. The Hall–Kier alpha value is -2.67. The Bertz CT molecular complexity index is 1090. The second kappa shape index (κ2) is 35.7. The Balaban J connectivity index is 1.71.